The molecule has 3 rings (SSSR count). The molecule has 0 amide bonds. The zero-order valence-electron chi connectivity index (χ0n) is 9.97. The minimum Gasteiger partial charge on any atom is -0.339 e. The minimum absolute atomic E-state index is 0.465. The van der Waals surface area contributed by atoms with Gasteiger partial charge in [-0.25, -0.2) is 4.98 Å². The Labute approximate surface area is 110 Å². The lowest BCUT2D eigenvalue weighted by Gasteiger charge is -1.99. The van der Waals surface area contributed by atoms with Gasteiger partial charge in [-0.3, -0.25) is 0 Å². The summed E-state index contributed by atoms with van der Waals surface area (Å²) in [5.41, 5.74) is 1.05. The first-order chi connectivity index (χ1) is 8.81. The van der Waals surface area contributed by atoms with Crippen molar-refractivity contribution >= 4 is 11.6 Å². The minimum atomic E-state index is 0.465. The molecule has 2 heterocycles. The number of hydrogen-bond acceptors (Lipinski definition) is 4. The van der Waals surface area contributed by atoms with Crippen molar-refractivity contribution in [2.45, 2.75) is 38.0 Å². The predicted octanol–water partition coefficient (Wildman–Crippen LogP) is 3.37. The molecule has 0 atom stereocenters. The average molecular weight is 264 g/mol. The van der Waals surface area contributed by atoms with Gasteiger partial charge in [0, 0.05) is 18.5 Å². The monoisotopic (exact) mass is 263 g/mol. The molecule has 0 saturated heterocycles. The normalized spacial score (nSPS) is 16.3. The Hall–Kier alpha value is -1.42. The van der Waals surface area contributed by atoms with Gasteiger partial charge >= 0.3 is 0 Å². The van der Waals surface area contributed by atoms with Crippen LogP contribution in [0.1, 0.15) is 48.9 Å². The van der Waals surface area contributed by atoms with Crippen LogP contribution in [0.5, 0.6) is 0 Å². The highest BCUT2D eigenvalue weighted by Crippen LogP contribution is 2.32. The summed E-state index contributed by atoms with van der Waals surface area (Å²) in [6, 6.07) is 3.74. The van der Waals surface area contributed by atoms with E-state index < -0.39 is 0 Å². The maximum atomic E-state index is 5.84. The second-order valence-corrected chi connectivity index (χ2v) is 5.08. The number of hydrogen-bond donors (Lipinski definition) is 0. The van der Waals surface area contributed by atoms with E-state index in [1.54, 1.807) is 6.20 Å². The van der Waals surface area contributed by atoms with Crippen LogP contribution in [0, 0.1) is 0 Å². The summed E-state index contributed by atoms with van der Waals surface area (Å²) in [5, 5.41) is 4.53. The molecule has 1 saturated carbocycles. The fourth-order valence-corrected chi connectivity index (χ4v) is 2.61. The van der Waals surface area contributed by atoms with Gasteiger partial charge in [0.05, 0.1) is 0 Å². The van der Waals surface area contributed by atoms with E-state index in [9.17, 15) is 0 Å². The van der Waals surface area contributed by atoms with Crippen LogP contribution in [0.2, 0.25) is 5.15 Å². The highest BCUT2D eigenvalue weighted by molar-refractivity contribution is 6.29. The molecule has 5 heteroatoms. The molecule has 0 N–H and O–H groups in total. The highest BCUT2D eigenvalue weighted by Gasteiger charge is 2.22. The van der Waals surface area contributed by atoms with Crippen molar-refractivity contribution in [2.75, 3.05) is 0 Å². The van der Waals surface area contributed by atoms with Crippen molar-refractivity contribution in [1.82, 2.24) is 15.1 Å². The van der Waals surface area contributed by atoms with Crippen LogP contribution in [-0.2, 0) is 6.42 Å². The second kappa shape index (κ2) is 5.06. The third-order valence-corrected chi connectivity index (χ3v) is 3.55. The first-order valence-electron chi connectivity index (χ1n) is 6.24. The lowest BCUT2D eigenvalue weighted by Crippen LogP contribution is -1.95. The van der Waals surface area contributed by atoms with Crippen molar-refractivity contribution in [3.8, 4) is 0 Å². The SMILES string of the molecule is Clc1cc(Cc2noc(C3CCCC3)n2)ccn1. The second-order valence-electron chi connectivity index (χ2n) is 4.69. The standard InChI is InChI=1S/C13H14ClN3O/c14-11-7-9(5-6-15-11)8-12-16-13(18-17-12)10-3-1-2-4-10/h5-7,10H,1-4,8H2. The third kappa shape index (κ3) is 2.53. The van der Waals surface area contributed by atoms with Gasteiger partial charge in [-0.05, 0) is 30.5 Å². The molecule has 0 bridgehead atoms. The van der Waals surface area contributed by atoms with E-state index >= 15 is 0 Å². The Morgan fingerprint density at radius 1 is 1.33 bits per heavy atom. The highest BCUT2D eigenvalue weighted by atomic mass is 35.5. The van der Waals surface area contributed by atoms with E-state index in [2.05, 4.69) is 15.1 Å². The van der Waals surface area contributed by atoms with Crippen LogP contribution in [0.4, 0.5) is 0 Å². The van der Waals surface area contributed by atoms with Crippen molar-refractivity contribution in [3.05, 3.63) is 40.8 Å². The van der Waals surface area contributed by atoms with Crippen LogP contribution in [0.15, 0.2) is 22.9 Å². The molecule has 0 spiro atoms. The number of pyridine rings is 1. The Kier molecular flexibility index (Phi) is 3.28. The van der Waals surface area contributed by atoms with Crippen molar-refractivity contribution in [3.63, 3.8) is 0 Å². The molecule has 4 nitrogen and oxygen atoms in total. The molecule has 0 aliphatic heterocycles. The summed E-state index contributed by atoms with van der Waals surface area (Å²) in [5.74, 6) is 1.98. The maximum Gasteiger partial charge on any atom is 0.229 e. The Morgan fingerprint density at radius 3 is 2.94 bits per heavy atom. The topological polar surface area (TPSA) is 51.8 Å². The Bertz CT molecular complexity index is 535. The number of halogens is 1. The van der Waals surface area contributed by atoms with E-state index in [1.807, 2.05) is 12.1 Å². The summed E-state index contributed by atoms with van der Waals surface area (Å²) in [6.07, 6.45) is 7.20. The molecule has 0 radical (unpaired) electrons. The molecule has 0 unspecified atom stereocenters. The van der Waals surface area contributed by atoms with Crippen molar-refractivity contribution in [1.29, 1.82) is 0 Å². The van der Waals surface area contributed by atoms with Gasteiger partial charge < -0.3 is 4.52 Å². The number of nitrogens with zero attached hydrogens (tertiary/aromatic N) is 3. The molecule has 0 aromatic carbocycles. The fraction of sp³-hybridized carbons (Fsp3) is 0.462. The number of rotatable bonds is 3. The van der Waals surface area contributed by atoms with E-state index in [1.165, 1.54) is 25.7 Å². The van der Waals surface area contributed by atoms with Gasteiger partial charge in [-0.2, -0.15) is 4.98 Å². The molecule has 1 fully saturated rings. The van der Waals surface area contributed by atoms with Gasteiger partial charge in [0.15, 0.2) is 5.82 Å². The summed E-state index contributed by atoms with van der Waals surface area (Å²) < 4.78 is 5.34. The predicted molar refractivity (Wildman–Crippen MR) is 67.6 cm³/mol. The molecule has 94 valence electrons. The summed E-state index contributed by atoms with van der Waals surface area (Å²) >= 11 is 5.84. The van der Waals surface area contributed by atoms with Crippen LogP contribution >= 0.6 is 11.6 Å². The van der Waals surface area contributed by atoms with Crippen LogP contribution in [0.25, 0.3) is 0 Å². The lowest BCUT2D eigenvalue weighted by atomic mass is 10.1. The van der Waals surface area contributed by atoms with E-state index in [0.29, 0.717) is 17.5 Å². The average Bonchev–Trinajstić information content (AvgIpc) is 2.98. The fourth-order valence-electron chi connectivity index (χ4n) is 2.41. The van der Waals surface area contributed by atoms with Gasteiger partial charge in [0.2, 0.25) is 5.89 Å². The zero-order chi connectivity index (χ0) is 12.4. The van der Waals surface area contributed by atoms with Crippen LogP contribution in [0.3, 0.4) is 0 Å². The molecule has 2 aromatic heterocycles. The van der Waals surface area contributed by atoms with E-state index in [0.717, 1.165) is 17.3 Å². The van der Waals surface area contributed by atoms with E-state index in [4.69, 9.17) is 16.1 Å². The largest absolute Gasteiger partial charge is 0.339 e. The first kappa shape index (κ1) is 11.7. The summed E-state index contributed by atoms with van der Waals surface area (Å²) in [6.45, 7) is 0. The maximum absolute atomic E-state index is 5.84. The Morgan fingerprint density at radius 2 is 2.17 bits per heavy atom. The summed E-state index contributed by atoms with van der Waals surface area (Å²) in [4.78, 5) is 8.43. The first-order valence-corrected chi connectivity index (χ1v) is 6.62. The summed E-state index contributed by atoms with van der Waals surface area (Å²) in [7, 11) is 0. The molecule has 18 heavy (non-hydrogen) atoms. The van der Waals surface area contributed by atoms with E-state index in [-0.39, 0.29) is 0 Å². The molecule has 2 aromatic rings. The molecule has 1 aliphatic rings. The van der Waals surface area contributed by atoms with Gasteiger partial charge in [-0.1, -0.05) is 29.6 Å². The molecular weight excluding hydrogens is 250 g/mol. The van der Waals surface area contributed by atoms with Crippen molar-refractivity contribution in [2.24, 2.45) is 0 Å². The zero-order valence-corrected chi connectivity index (χ0v) is 10.7. The lowest BCUT2D eigenvalue weighted by molar-refractivity contribution is 0.350. The van der Waals surface area contributed by atoms with Crippen LogP contribution in [-0.4, -0.2) is 15.1 Å². The number of aromatic nitrogens is 3. The molecular formula is C13H14ClN3O. The smallest absolute Gasteiger partial charge is 0.229 e. The quantitative estimate of drug-likeness (QED) is 0.797. The van der Waals surface area contributed by atoms with Crippen LogP contribution < -0.4 is 0 Å². The van der Waals surface area contributed by atoms with Gasteiger partial charge in [0.25, 0.3) is 0 Å². The Balaban J connectivity index is 1.73. The van der Waals surface area contributed by atoms with Gasteiger partial charge in [-0.15, -0.1) is 0 Å². The third-order valence-electron chi connectivity index (χ3n) is 3.34. The van der Waals surface area contributed by atoms with Crippen molar-refractivity contribution < 1.29 is 4.52 Å². The van der Waals surface area contributed by atoms with Gasteiger partial charge in [0.1, 0.15) is 5.15 Å². The molecule has 1 aliphatic carbocycles.